The molecule has 0 radical (unpaired) electrons. The van der Waals surface area contributed by atoms with Gasteiger partial charge >= 0.3 is 69.4 Å². The van der Waals surface area contributed by atoms with Crippen LogP contribution in [0.1, 0.15) is 0 Å². The van der Waals surface area contributed by atoms with E-state index in [1.165, 1.54) is 0 Å². The summed E-state index contributed by atoms with van der Waals surface area (Å²) in [7, 11) is 0. The van der Waals surface area contributed by atoms with Gasteiger partial charge in [0.15, 0.2) is 0 Å². The Morgan fingerprint density at radius 3 is 0.200 bits per heavy atom. The number of rotatable bonds is 0. The normalized spacial score (nSPS) is 0. The fourth-order valence-electron chi connectivity index (χ4n) is 0. The third-order valence-corrected chi connectivity index (χ3v) is 0. The summed E-state index contributed by atoms with van der Waals surface area (Å²) in [6, 6.07) is 0. The van der Waals surface area contributed by atoms with Crippen molar-refractivity contribution >= 4 is 69.4 Å². The molecule has 0 bridgehead atoms. The average Bonchev–Trinajstić information content (AvgIpc) is 0. The molecule has 0 spiro atoms. The first-order valence-corrected chi connectivity index (χ1v) is 0. The Morgan fingerprint density at radius 1 is 0.200 bits per heavy atom. The van der Waals surface area contributed by atoms with Crippen LogP contribution in [-0.4, -0.2) is 69.4 Å². The molecule has 0 saturated heterocycles. The summed E-state index contributed by atoms with van der Waals surface area (Å²) >= 11 is 0. The van der Waals surface area contributed by atoms with Crippen LogP contribution in [0.25, 0.3) is 0 Å². The van der Waals surface area contributed by atoms with Crippen molar-refractivity contribution < 1.29 is 32.9 Å². The molecular formula is Al4O6. The molecule has 0 atom stereocenters. The van der Waals surface area contributed by atoms with Gasteiger partial charge in [-0.05, 0) is 0 Å². The van der Waals surface area contributed by atoms with Gasteiger partial charge in [-0.2, -0.15) is 0 Å². The summed E-state index contributed by atoms with van der Waals surface area (Å²) in [4.78, 5) is 0. The summed E-state index contributed by atoms with van der Waals surface area (Å²) in [6.45, 7) is 0. The van der Waals surface area contributed by atoms with E-state index in [-0.39, 0.29) is 102 Å². The van der Waals surface area contributed by atoms with E-state index in [9.17, 15) is 0 Å². The van der Waals surface area contributed by atoms with Crippen molar-refractivity contribution in [2.24, 2.45) is 0 Å². The van der Waals surface area contributed by atoms with Gasteiger partial charge in [0.05, 0.1) is 0 Å². The van der Waals surface area contributed by atoms with E-state index in [0.717, 1.165) is 0 Å². The summed E-state index contributed by atoms with van der Waals surface area (Å²) < 4.78 is 0. The second-order valence-corrected chi connectivity index (χ2v) is 0. The zero-order chi connectivity index (χ0) is 0. The molecule has 48 valence electrons. The topological polar surface area (TPSA) is 171 Å². The van der Waals surface area contributed by atoms with Crippen LogP contribution in [0.15, 0.2) is 0 Å². The van der Waals surface area contributed by atoms with Crippen LogP contribution in [0.3, 0.4) is 0 Å². The van der Waals surface area contributed by atoms with E-state index in [1.807, 2.05) is 0 Å². The van der Waals surface area contributed by atoms with E-state index in [1.54, 1.807) is 0 Å². The monoisotopic (exact) mass is 204 g/mol. The van der Waals surface area contributed by atoms with Gasteiger partial charge in [-0.1, -0.05) is 0 Å². The second-order valence-electron chi connectivity index (χ2n) is 0. The Hall–Kier alpha value is 1.89. The second kappa shape index (κ2) is 298. The maximum atomic E-state index is 0. The van der Waals surface area contributed by atoms with E-state index < -0.39 is 0 Å². The molecule has 0 aliphatic carbocycles. The van der Waals surface area contributed by atoms with Gasteiger partial charge in [-0.25, -0.2) is 0 Å². The maximum Gasteiger partial charge on any atom is 3.00 e. The van der Waals surface area contributed by atoms with E-state index >= 15 is 0 Å². The third-order valence-electron chi connectivity index (χ3n) is 0. The van der Waals surface area contributed by atoms with Crippen molar-refractivity contribution in [2.45, 2.75) is 0 Å². The summed E-state index contributed by atoms with van der Waals surface area (Å²) in [5.74, 6) is 0. The van der Waals surface area contributed by atoms with Crippen molar-refractivity contribution in [2.75, 3.05) is 0 Å². The first kappa shape index (κ1) is 395. The van der Waals surface area contributed by atoms with Crippen LogP contribution in [0, 0.1) is 0 Å². The third kappa shape index (κ3) is 219. The average molecular weight is 204 g/mol. The molecule has 10 heteroatoms. The Morgan fingerprint density at radius 2 is 0.200 bits per heavy atom. The quantitative estimate of drug-likeness (QED) is 0.388. The van der Waals surface area contributed by atoms with Gasteiger partial charge in [-0.15, -0.1) is 0 Å². The minimum Gasteiger partial charge on any atom is -2.00 e. The van der Waals surface area contributed by atoms with Gasteiger partial charge in [0.2, 0.25) is 0 Å². The first-order valence-electron chi connectivity index (χ1n) is 0. The summed E-state index contributed by atoms with van der Waals surface area (Å²) in [5, 5.41) is 0. The molecular weight excluding hydrogens is 204 g/mol. The van der Waals surface area contributed by atoms with Gasteiger partial charge in [0, 0.05) is 0 Å². The van der Waals surface area contributed by atoms with Gasteiger partial charge < -0.3 is 32.9 Å². The standard InChI is InChI=1S/4Al.6O/q4*+3;6*-2. The maximum absolute atomic E-state index is 0. The fraction of sp³-hybridized carbons (Fsp3) is 0. The molecule has 0 N–H and O–H groups in total. The van der Waals surface area contributed by atoms with E-state index in [2.05, 4.69) is 0 Å². The summed E-state index contributed by atoms with van der Waals surface area (Å²) in [6.07, 6.45) is 0. The van der Waals surface area contributed by atoms with Crippen molar-refractivity contribution in [3.05, 3.63) is 0 Å². The van der Waals surface area contributed by atoms with Crippen LogP contribution < -0.4 is 0 Å². The molecule has 10 heavy (non-hydrogen) atoms. The predicted molar refractivity (Wildman–Crippen MR) is 27.1 cm³/mol. The van der Waals surface area contributed by atoms with Gasteiger partial charge in [0.1, 0.15) is 0 Å². The van der Waals surface area contributed by atoms with Crippen molar-refractivity contribution in [1.82, 2.24) is 0 Å². The van der Waals surface area contributed by atoms with Crippen LogP contribution in [0.4, 0.5) is 0 Å². The molecule has 0 aromatic rings. The Labute approximate surface area is 102 Å². The molecule has 0 unspecified atom stereocenters. The van der Waals surface area contributed by atoms with Crippen LogP contribution in [0.2, 0.25) is 0 Å². The fourth-order valence-corrected chi connectivity index (χ4v) is 0. The molecule has 0 saturated carbocycles. The molecule has 0 heterocycles. The van der Waals surface area contributed by atoms with Crippen LogP contribution >= 0.6 is 0 Å². The first-order chi connectivity index (χ1) is 0. The largest absolute Gasteiger partial charge is 3.00 e. The zero-order valence-corrected chi connectivity index (χ0v) is 9.38. The molecule has 0 amide bonds. The minimum atomic E-state index is 0. The zero-order valence-electron chi connectivity index (χ0n) is 4.76. The molecule has 0 rings (SSSR count). The van der Waals surface area contributed by atoms with E-state index in [4.69, 9.17) is 0 Å². The van der Waals surface area contributed by atoms with E-state index in [0.29, 0.717) is 0 Å². The molecule has 0 aliphatic rings. The SMILES string of the molecule is [Al+3].[Al+3].[Al+3].[Al+3].[O-2].[O-2].[O-2].[O-2].[O-2].[O-2]. The van der Waals surface area contributed by atoms with Crippen molar-refractivity contribution in [3.8, 4) is 0 Å². The molecule has 0 fully saturated rings. The van der Waals surface area contributed by atoms with Crippen LogP contribution in [0.5, 0.6) is 0 Å². The predicted octanol–water partition coefficient (Wildman–Crippen LogP) is -2.24. The minimum absolute atomic E-state index is 0. The van der Waals surface area contributed by atoms with Crippen molar-refractivity contribution in [3.63, 3.8) is 0 Å². The van der Waals surface area contributed by atoms with Gasteiger partial charge in [0.25, 0.3) is 0 Å². The number of hydrogen-bond donors (Lipinski definition) is 0. The van der Waals surface area contributed by atoms with Crippen molar-refractivity contribution in [1.29, 1.82) is 0 Å². The number of hydrogen-bond acceptors (Lipinski definition) is 0. The Balaban J connectivity index is 0. The van der Waals surface area contributed by atoms with Crippen LogP contribution in [-0.2, 0) is 32.9 Å². The Kier molecular flexibility index (Phi) is 11800. The van der Waals surface area contributed by atoms with Gasteiger partial charge in [-0.3, -0.25) is 0 Å². The molecule has 6 nitrogen and oxygen atoms in total. The molecule has 0 aromatic carbocycles. The molecule has 0 aliphatic heterocycles. The smallest absolute Gasteiger partial charge is 2.00 e. The molecule has 0 aromatic heterocycles. The summed E-state index contributed by atoms with van der Waals surface area (Å²) in [5.41, 5.74) is 0. The Bertz CT molecular complexity index is 9.71.